The highest BCUT2D eigenvalue weighted by Gasteiger charge is 2.25. The number of β-amino-alcohol motifs (C(OH)–C–C–N with tert-alkyl or cyclic N) is 1. The first-order valence-corrected chi connectivity index (χ1v) is 8.13. The number of amides is 1. The Bertz CT molecular complexity index is 671. The second-order valence-electron chi connectivity index (χ2n) is 5.29. The summed E-state index contributed by atoms with van der Waals surface area (Å²) in [6.07, 6.45) is 1.16. The maximum Gasteiger partial charge on any atom is 0.273 e. The number of carbonyl (C=O) groups is 1. The molecular weight excluding hydrogens is 300 g/mol. The summed E-state index contributed by atoms with van der Waals surface area (Å²) in [4.78, 5) is 18.6. The molecule has 1 aromatic heterocycles. The predicted octanol–water partition coefficient (Wildman–Crippen LogP) is 2.42. The number of hydrogen-bond acceptors (Lipinski definition) is 5. The molecule has 5 nitrogen and oxygen atoms in total. The van der Waals surface area contributed by atoms with Gasteiger partial charge in [-0.25, -0.2) is 4.98 Å². The van der Waals surface area contributed by atoms with Crippen molar-refractivity contribution in [2.24, 2.45) is 0 Å². The Morgan fingerprint density at radius 3 is 3.05 bits per heavy atom. The van der Waals surface area contributed by atoms with Crippen LogP contribution < -0.4 is 4.74 Å². The number of benzene rings is 1. The Morgan fingerprint density at radius 1 is 1.45 bits per heavy atom. The summed E-state index contributed by atoms with van der Waals surface area (Å²) < 4.78 is 5.34. The molecule has 2 aromatic rings. The van der Waals surface area contributed by atoms with Gasteiger partial charge in [-0.05, 0) is 25.0 Å². The summed E-state index contributed by atoms with van der Waals surface area (Å²) in [6.45, 7) is 1.07. The number of rotatable bonds is 3. The minimum Gasteiger partial charge on any atom is -0.496 e. The molecule has 0 radical (unpaired) electrons. The lowest BCUT2D eigenvalue weighted by molar-refractivity contribution is 0.0469. The monoisotopic (exact) mass is 318 g/mol. The molecule has 22 heavy (non-hydrogen) atoms. The van der Waals surface area contributed by atoms with E-state index < -0.39 is 6.10 Å². The molecular formula is C16H18N2O3S. The molecule has 1 atom stereocenters. The lowest BCUT2D eigenvalue weighted by atomic mass is 10.1. The van der Waals surface area contributed by atoms with Crippen LogP contribution in [0.25, 0.3) is 10.6 Å². The highest BCUT2D eigenvalue weighted by molar-refractivity contribution is 7.13. The van der Waals surface area contributed by atoms with Gasteiger partial charge in [-0.15, -0.1) is 11.3 Å². The van der Waals surface area contributed by atoms with Gasteiger partial charge in [0.05, 0.1) is 18.8 Å². The first-order chi connectivity index (χ1) is 10.7. The first kappa shape index (κ1) is 15.0. The summed E-state index contributed by atoms with van der Waals surface area (Å²) in [5, 5.41) is 12.2. The van der Waals surface area contributed by atoms with Gasteiger partial charge in [0.1, 0.15) is 16.5 Å². The number of ether oxygens (including phenoxy) is 1. The zero-order valence-corrected chi connectivity index (χ0v) is 13.2. The Balaban J connectivity index is 1.83. The number of aliphatic hydroxyl groups excluding tert-OH is 1. The van der Waals surface area contributed by atoms with Crippen molar-refractivity contribution >= 4 is 17.2 Å². The van der Waals surface area contributed by atoms with Gasteiger partial charge in [0.2, 0.25) is 0 Å². The van der Waals surface area contributed by atoms with E-state index in [4.69, 9.17) is 4.74 Å². The topological polar surface area (TPSA) is 62.7 Å². The van der Waals surface area contributed by atoms with Crippen molar-refractivity contribution in [3.05, 3.63) is 35.3 Å². The summed E-state index contributed by atoms with van der Waals surface area (Å²) >= 11 is 1.42. The molecule has 0 aliphatic carbocycles. The van der Waals surface area contributed by atoms with E-state index in [2.05, 4.69) is 4.98 Å². The normalized spacial score (nSPS) is 18.3. The molecule has 1 aliphatic rings. The molecule has 1 unspecified atom stereocenters. The second-order valence-corrected chi connectivity index (χ2v) is 6.14. The number of para-hydroxylation sites is 1. The van der Waals surface area contributed by atoms with E-state index >= 15 is 0 Å². The zero-order chi connectivity index (χ0) is 15.5. The predicted molar refractivity (Wildman–Crippen MR) is 85.2 cm³/mol. The fourth-order valence-corrected chi connectivity index (χ4v) is 3.44. The smallest absolute Gasteiger partial charge is 0.273 e. The molecule has 1 aliphatic heterocycles. The number of aliphatic hydroxyl groups is 1. The fraction of sp³-hybridized carbons (Fsp3) is 0.375. The molecule has 1 N–H and O–H groups in total. The molecule has 0 saturated carbocycles. The van der Waals surface area contributed by atoms with Crippen LogP contribution in [-0.2, 0) is 0 Å². The minimum absolute atomic E-state index is 0.115. The Morgan fingerprint density at radius 2 is 2.27 bits per heavy atom. The van der Waals surface area contributed by atoms with E-state index in [1.807, 2.05) is 24.3 Å². The third-order valence-corrected chi connectivity index (χ3v) is 4.62. The quantitative estimate of drug-likeness (QED) is 0.944. The number of methoxy groups -OCH3 is 1. The van der Waals surface area contributed by atoms with Crippen molar-refractivity contribution < 1.29 is 14.6 Å². The number of likely N-dealkylation sites (tertiary alicyclic amines) is 1. The first-order valence-electron chi connectivity index (χ1n) is 7.25. The van der Waals surface area contributed by atoms with Crippen LogP contribution in [0.3, 0.4) is 0 Å². The van der Waals surface area contributed by atoms with Crippen molar-refractivity contribution in [3.8, 4) is 16.3 Å². The SMILES string of the molecule is COc1ccccc1-c1nc(C(=O)N2CCCC(O)C2)cs1. The van der Waals surface area contributed by atoms with Crippen LogP contribution in [-0.4, -0.2) is 47.2 Å². The molecule has 116 valence electrons. The van der Waals surface area contributed by atoms with Crippen molar-refractivity contribution in [2.75, 3.05) is 20.2 Å². The third kappa shape index (κ3) is 2.98. The average Bonchev–Trinajstić information content (AvgIpc) is 3.04. The van der Waals surface area contributed by atoms with E-state index in [-0.39, 0.29) is 5.91 Å². The number of aromatic nitrogens is 1. The number of nitrogens with zero attached hydrogens (tertiary/aromatic N) is 2. The molecule has 6 heteroatoms. The number of carbonyl (C=O) groups excluding carboxylic acids is 1. The molecule has 1 saturated heterocycles. The maximum absolute atomic E-state index is 12.5. The Hall–Kier alpha value is -1.92. The van der Waals surface area contributed by atoms with Gasteiger partial charge in [-0.3, -0.25) is 4.79 Å². The van der Waals surface area contributed by atoms with Crippen LogP contribution in [0.4, 0.5) is 0 Å². The van der Waals surface area contributed by atoms with Gasteiger partial charge >= 0.3 is 0 Å². The zero-order valence-electron chi connectivity index (χ0n) is 12.4. The molecule has 0 bridgehead atoms. The lowest BCUT2D eigenvalue weighted by Gasteiger charge is -2.29. The number of piperidine rings is 1. The van der Waals surface area contributed by atoms with Crippen LogP contribution in [0.5, 0.6) is 5.75 Å². The van der Waals surface area contributed by atoms with E-state index in [1.165, 1.54) is 11.3 Å². The second kappa shape index (κ2) is 6.46. The summed E-state index contributed by atoms with van der Waals surface area (Å²) in [6, 6.07) is 7.62. The molecule has 1 fully saturated rings. The highest BCUT2D eigenvalue weighted by Crippen LogP contribution is 2.32. The van der Waals surface area contributed by atoms with Crippen molar-refractivity contribution in [1.82, 2.24) is 9.88 Å². The van der Waals surface area contributed by atoms with E-state index in [9.17, 15) is 9.90 Å². The van der Waals surface area contributed by atoms with Gasteiger partial charge < -0.3 is 14.7 Å². The Labute approximate surface area is 133 Å². The van der Waals surface area contributed by atoms with E-state index in [0.29, 0.717) is 18.8 Å². The maximum atomic E-state index is 12.5. The molecule has 1 aromatic carbocycles. The van der Waals surface area contributed by atoms with Crippen LogP contribution in [0, 0.1) is 0 Å². The third-order valence-electron chi connectivity index (χ3n) is 3.74. The summed E-state index contributed by atoms with van der Waals surface area (Å²) in [5.74, 6) is 0.625. The van der Waals surface area contributed by atoms with E-state index in [0.717, 1.165) is 29.2 Å². The average molecular weight is 318 g/mol. The van der Waals surface area contributed by atoms with Crippen molar-refractivity contribution in [3.63, 3.8) is 0 Å². The fourth-order valence-electron chi connectivity index (χ4n) is 2.62. The number of hydrogen-bond donors (Lipinski definition) is 1. The van der Waals surface area contributed by atoms with Crippen LogP contribution in [0.1, 0.15) is 23.3 Å². The largest absolute Gasteiger partial charge is 0.496 e. The molecule has 2 heterocycles. The summed E-state index contributed by atoms with van der Waals surface area (Å²) in [7, 11) is 1.62. The van der Waals surface area contributed by atoms with Gasteiger partial charge in [-0.1, -0.05) is 12.1 Å². The van der Waals surface area contributed by atoms with Crippen molar-refractivity contribution in [2.45, 2.75) is 18.9 Å². The molecule has 0 spiro atoms. The number of thiazole rings is 1. The van der Waals surface area contributed by atoms with Gasteiger partial charge in [0.25, 0.3) is 5.91 Å². The van der Waals surface area contributed by atoms with E-state index in [1.54, 1.807) is 17.4 Å². The van der Waals surface area contributed by atoms with Crippen LogP contribution >= 0.6 is 11.3 Å². The van der Waals surface area contributed by atoms with Crippen LogP contribution in [0.2, 0.25) is 0 Å². The van der Waals surface area contributed by atoms with Crippen LogP contribution in [0.15, 0.2) is 29.6 Å². The minimum atomic E-state index is -0.426. The molecule has 1 amide bonds. The van der Waals surface area contributed by atoms with Crippen molar-refractivity contribution in [1.29, 1.82) is 0 Å². The van der Waals surface area contributed by atoms with Gasteiger partial charge in [0, 0.05) is 18.5 Å². The van der Waals surface area contributed by atoms with Gasteiger partial charge in [-0.2, -0.15) is 0 Å². The van der Waals surface area contributed by atoms with Gasteiger partial charge in [0.15, 0.2) is 0 Å². The molecule has 3 rings (SSSR count). The lowest BCUT2D eigenvalue weighted by Crippen LogP contribution is -2.42. The Kier molecular flexibility index (Phi) is 4.40. The highest BCUT2D eigenvalue weighted by atomic mass is 32.1. The summed E-state index contributed by atoms with van der Waals surface area (Å²) in [5.41, 5.74) is 1.31. The standard InChI is InChI=1S/C16H18N2O3S/c1-21-14-7-3-2-6-12(14)15-17-13(10-22-15)16(20)18-8-4-5-11(19)9-18/h2-3,6-7,10-11,19H,4-5,8-9H2,1H3.